The van der Waals surface area contributed by atoms with Crippen molar-refractivity contribution in [3.63, 3.8) is 0 Å². The fraction of sp³-hybridized carbons (Fsp3) is 0.625. The molecule has 20 heavy (non-hydrogen) atoms. The Morgan fingerprint density at radius 1 is 1.35 bits per heavy atom. The van der Waals surface area contributed by atoms with E-state index >= 15 is 0 Å². The normalized spacial score (nSPS) is 12.8. The van der Waals surface area contributed by atoms with Crippen LogP contribution in [0.25, 0.3) is 0 Å². The maximum atomic E-state index is 6.00. The average molecular weight is 343 g/mol. The Morgan fingerprint density at radius 3 is 2.60 bits per heavy atom. The molecule has 1 aromatic rings. The fourth-order valence-corrected chi connectivity index (χ4v) is 2.71. The topological polar surface area (TPSA) is 38.5 Å². The van der Waals surface area contributed by atoms with Crippen molar-refractivity contribution in [1.82, 2.24) is 0 Å². The summed E-state index contributed by atoms with van der Waals surface area (Å²) in [6, 6.07) is 6.72. The molecule has 0 aliphatic carbocycles. The largest absolute Gasteiger partial charge is 0.377 e. The second kappa shape index (κ2) is 8.65. The summed E-state index contributed by atoms with van der Waals surface area (Å²) >= 11 is 3.66. The van der Waals surface area contributed by atoms with Crippen LogP contribution in [-0.2, 0) is 11.2 Å². The number of halogens is 1. The summed E-state index contributed by atoms with van der Waals surface area (Å²) in [4.78, 5) is 2.20. The molecule has 3 nitrogen and oxygen atoms in total. The van der Waals surface area contributed by atoms with Crippen molar-refractivity contribution in [2.45, 2.75) is 45.8 Å². The van der Waals surface area contributed by atoms with Crippen LogP contribution in [0.5, 0.6) is 0 Å². The molecule has 0 aliphatic rings. The van der Waals surface area contributed by atoms with E-state index in [1.54, 1.807) is 0 Å². The molecule has 1 aromatic carbocycles. The predicted octanol–water partition coefficient (Wildman–Crippen LogP) is 3.59. The molecule has 4 heteroatoms. The number of ether oxygens (including phenoxy) is 1. The van der Waals surface area contributed by atoms with Gasteiger partial charge in [-0.3, -0.25) is 0 Å². The number of hydrogen-bond donors (Lipinski definition) is 1. The van der Waals surface area contributed by atoms with Gasteiger partial charge in [0.05, 0.1) is 18.4 Å². The van der Waals surface area contributed by atoms with Gasteiger partial charge in [0.1, 0.15) is 0 Å². The molecule has 2 N–H and O–H groups in total. The number of rotatable bonds is 8. The van der Waals surface area contributed by atoms with Crippen molar-refractivity contribution in [1.29, 1.82) is 0 Å². The van der Waals surface area contributed by atoms with Crippen LogP contribution in [0, 0.1) is 0 Å². The van der Waals surface area contributed by atoms with Crippen molar-refractivity contribution in [3.05, 3.63) is 28.2 Å². The SMILES string of the molecule is CCC(N)Cc1ccc(N(C)CCOC(C)C)c(Br)c1. The molecule has 1 atom stereocenters. The third kappa shape index (κ3) is 5.81. The lowest BCUT2D eigenvalue weighted by Crippen LogP contribution is -2.24. The standard InChI is InChI=1S/C16H27BrN2O/c1-5-14(18)10-13-6-7-16(15(17)11-13)19(4)8-9-20-12(2)3/h6-7,11-12,14H,5,8-10,18H2,1-4H3. The Hall–Kier alpha value is -0.580. The minimum Gasteiger partial charge on any atom is -0.377 e. The van der Waals surface area contributed by atoms with Crippen LogP contribution < -0.4 is 10.6 Å². The van der Waals surface area contributed by atoms with E-state index in [9.17, 15) is 0 Å². The van der Waals surface area contributed by atoms with Gasteiger partial charge < -0.3 is 15.4 Å². The Morgan fingerprint density at radius 2 is 2.05 bits per heavy atom. The van der Waals surface area contributed by atoms with Crippen LogP contribution >= 0.6 is 15.9 Å². The van der Waals surface area contributed by atoms with E-state index in [2.05, 4.69) is 66.8 Å². The van der Waals surface area contributed by atoms with Crippen LogP contribution in [0.3, 0.4) is 0 Å². The van der Waals surface area contributed by atoms with E-state index in [-0.39, 0.29) is 12.1 Å². The zero-order valence-corrected chi connectivity index (χ0v) is 14.6. The summed E-state index contributed by atoms with van der Waals surface area (Å²) in [5.74, 6) is 0. The Labute approximate surface area is 131 Å². The number of nitrogens with two attached hydrogens (primary N) is 1. The first-order valence-corrected chi connectivity index (χ1v) is 8.10. The van der Waals surface area contributed by atoms with E-state index in [1.807, 2.05) is 0 Å². The van der Waals surface area contributed by atoms with Crippen molar-refractivity contribution in [2.24, 2.45) is 5.73 Å². The molecule has 1 rings (SSSR count). The molecule has 0 radical (unpaired) electrons. The van der Waals surface area contributed by atoms with Gasteiger partial charge in [0.15, 0.2) is 0 Å². The maximum Gasteiger partial charge on any atom is 0.0644 e. The number of hydrogen-bond acceptors (Lipinski definition) is 3. The maximum absolute atomic E-state index is 6.00. The van der Waals surface area contributed by atoms with Crippen LogP contribution in [0.1, 0.15) is 32.8 Å². The minimum absolute atomic E-state index is 0.241. The van der Waals surface area contributed by atoms with Crippen molar-refractivity contribution in [2.75, 3.05) is 25.1 Å². The zero-order chi connectivity index (χ0) is 15.1. The summed E-state index contributed by atoms with van der Waals surface area (Å²) in [5.41, 5.74) is 8.47. The van der Waals surface area contributed by atoms with E-state index in [1.165, 1.54) is 11.3 Å². The second-order valence-electron chi connectivity index (χ2n) is 5.50. The van der Waals surface area contributed by atoms with E-state index in [0.717, 1.165) is 30.5 Å². The summed E-state index contributed by atoms with van der Waals surface area (Å²) in [6.45, 7) is 7.85. The summed E-state index contributed by atoms with van der Waals surface area (Å²) in [6.07, 6.45) is 2.21. The Kier molecular flexibility index (Phi) is 7.56. The van der Waals surface area contributed by atoms with Gasteiger partial charge in [-0.1, -0.05) is 13.0 Å². The van der Waals surface area contributed by atoms with Gasteiger partial charge in [-0.15, -0.1) is 0 Å². The highest BCUT2D eigenvalue weighted by Crippen LogP contribution is 2.27. The first kappa shape index (κ1) is 17.5. The molecule has 0 fully saturated rings. The molecule has 0 saturated heterocycles. The molecule has 0 saturated carbocycles. The Bertz CT molecular complexity index is 409. The van der Waals surface area contributed by atoms with Gasteiger partial charge in [-0.2, -0.15) is 0 Å². The van der Waals surface area contributed by atoms with Crippen molar-refractivity contribution >= 4 is 21.6 Å². The average Bonchev–Trinajstić information content (AvgIpc) is 2.38. The highest BCUT2D eigenvalue weighted by Gasteiger charge is 2.08. The molecule has 0 amide bonds. The van der Waals surface area contributed by atoms with Crippen molar-refractivity contribution in [3.8, 4) is 0 Å². The quantitative estimate of drug-likeness (QED) is 0.784. The van der Waals surface area contributed by atoms with E-state index < -0.39 is 0 Å². The van der Waals surface area contributed by atoms with Gasteiger partial charge in [-0.05, 0) is 60.3 Å². The highest BCUT2D eigenvalue weighted by atomic mass is 79.9. The molecule has 0 heterocycles. The number of nitrogens with zero attached hydrogens (tertiary/aromatic N) is 1. The second-order valence-corrected chi connectivity index (χ2v) is 6.35. The molecule has 0 bridgehead atoms. The lowest BCUT2D eigenvalue weighted by Gasteiger charge is -2.22. The summed E-state index contributed by atoms with van der Waals surface area (Å²) in [7, 11) is 2.08. The van der Waals surface area contributed by atoms with Gasteiger partial charge in [-0.25, -0.2) is 0 Å². The molecule has 114 valence electrons. The lowest BCUT2D eigenvalue weighted by atomic mass is 10.0. The van der Waals surface area contributed by atoms with Crippen LogP contribution in [0.2, 0.25) is 0 Å². The van der Waals surface area contributed by atoms with Crippen LogP contribution in [-0.4, -0.2) is 32.3 Å². The first-order chi connectivity index (χ1) is 9.43. The Balaban J connectivity index is 2.62. The van der Waals surface area contributed by atoms with Gasteiger partial charge >= 0.3 is 0 Å². The first-order valence-electron chi connectivity index (χ1n) is 7.30. The number of likely N-dealkylation sites (N-methyl/N-ethyl adjacent to an activating group) is 1. The van der Waals surface area contributed by atoms with Gasteiger partial charge in [0.2, 0.25) is 0 Å². The monoisotopic (exact) mass is 342 g/mol. The fourth-order valence-electron chi connectivity index (χ4n) is 1.98. The molecule has 1 unspecified atom stereocenters. The number of benzene rings is 1. The summed E-state index contributed by atoms with van der Waals surface area (Å²) in [5, 5.41) is 0. The third-order valence-electron chi connectivity index (χ3n) is 3.32. The van der Waals surface area contributed by atoms with Crippen LogP contribution in [0.4, 0.5) is 5.69 Å². The van der Waals surface area contributed by atoms with Gasteiger partial charge in [0, 0.05) is 24.1 Å². The molecule has 0 spiro atoms. The van der Waals surface area contributed by atoms with Crippen molar-refractivity contribution < 1.29 is 4.74 Å². The smallest absolute Gasteiger partial charge is 0.0644 e. The summed E-state index contributed by atoms with van der Waals surface area (Å²) < 4.78 is 6.71. The zero-order valence-electron chi connectivity index (χ0n) is 13.0. The molecular weight excluding hydrogens is 316 g/mol. The number of anilines is 1. The van der Waals surface area contributed by atoms with Crippen LogP contribution in [0.15, 0.2) is 22.7 Å². The lowest BCUT2D eigenvalue weighted by molar-refractivity contribution is 0.0846. The minimum atomic E-state index is 0.241. The highest BCUT2D eigenvalue weighted by molar-refractivity contribution is 9.10. The molecule has 0 aromatic heterocycles. The van der Waals surface area contributed by atoms with E-state index in [0.29, 0.717) is 0 Å². The molecule has 0 aliphatic heterocycles. The predicted molar refractivity (Wildman–Crippen MR) is 90.5 cm³/mol. The third-order valence-corrected chi connectivity index (χ3v) is 3.96. The molecular formula is C16H27BrN2O. The van der Waals surface area contributed by atoms with E-state index in [4.69, 9.17) is 10.5 Å². The van der Waals surface area contributed by atoms with Gasteiger partial charge in [0.25, 0.3) is 0 Å².